The standard InChI is InChI=1S/C17H25FN2O/c1-13-9-10-16(15(18)11-13)19-17(21)12-20(2)14-7-5-3-4-6-8-14/h9-11,14H,3-8,12H2,1-2H3,(H,19,21). The molecule has 1 aromatic carbocycles. The monoisotopic (exact) mass is 292 g/mol. The molecule has 4 heteroatoms. The summed E-state index contributed by atoms with van der Waals surface area (Å²) in [6.45, 7) is 2.15. The predicted molar refractivity (Wildman–Crippen MR) is 83.9 cm³/mol. The first-order chi connectivity index (χ1) is 10.1. The van der Waals surface area contributed by atoms with Gasteiger partial charge in [-0.3, -0.25) is 9.69 Å². The summed E-state index contributed by atoms with van der Waals surface area (Å²) in [6, 6.07) is 5.33. The third kappa shape index (κ3) is 4.81. The van der Waals surface area contributed by atoms with Crippen molar-refractivity contribution >= 4 is 11.6 Å². The van der Waals surface area contributed by atoms with E-state index in [0.717, 1.165) is 18.4 Å². The molecule has 1 amide bonds. The van der Waals surface area contributed by atoms with Gasteiger partial charge < -0.3 is 5.32 Å². The van der Waals surface area contributed by atoms with Gasteiger partial charge in [0, 0.05) is 6.04 Å². The molecule has 3 nitrogen and oxygen atoms in total. The van der Waals surface area contributed by atoms with Crippen LogP contribution in [0, 0.1) is 12.7 Å². The van der Waals surface area contributed by atoms with Crippen LogP contribution in [0.25, 0.3) is 0 Å². The van der Waals surface area contributed by atoms with Gasteiger partial charge in [-0.2, -0.15) is 0 Å². The number of carbonyl (C=O) groups is 1. The van der Waals surface area contributed by atoms with Gasteiger partial charge in [0.05, 0.1) is 12.2 Å². The van der Waals surface area contributed by atoms with Gasteiger partial charge in [-0.25, -0.2) is 4.39 Å². The maximum atomic E-state index is 13.7. The molecule has 1 aliphatic carbocycles. The summed E-state index contributed by atoms with van der Waals surface area (Å²) >= 11 is 0. The second-order valence-corrected chi connectivity index (χ2v) is 6.09. The lowest BCUT2D eigenvalue weighted by Gasteiger charge is -2.26. The van der Waals surface area contributed by atoms with Crippen molar-refractivity contribution in [3.05, 3.63) is 29.6 Å². The zero-order chi connectivity index (χ0) is 15.2. The van der Waals surface area contributed by atoms with Crippen molar-refractivity contribution in [1.82, 2.24) is 4.90 Å². The Bertz CT molecular complexity index is 482. The van der Waals surface area contributed by atoms with E-state index in [4.69, 9.17) is 0 Å². The average Bonchev–Trinajstić information content (AvgIpc) is 2.71. The third-order valence-corrected chi connectivity index (χ3v) is 4.24. The number of likely N-dealkylation sites (N-methyl/N-ethyl adjacent to an activating group) is 1. The van der Waals surface area contributed by atoms with Gasteiger partial charge in [0.15, 0.2) is 0 Å². The minimum absolute atomic E-state index is 0.149. The zero-order valence-electron chi connectivity index (χ0n) is 13.0. The molecule has 1 saturated carbocycles. The highest BCUT2D eigenvalue weighted by Crippen LogP contribution is 2.21. The van der Waals surface area contributed by atoms with Gasteiger partial charge >= 0.3 is 0 Å². The summed E-state index contributed by atoms with van der Waals surface area (Å²) in [5, 5.41) is 2.67. The third-order valence-electron chi connectivity index (χ3n) is 4.24. The number of halogens is 1. The molecule has 1 N–H and O–H groups in total. The molecule has 0 spiro atoms. The van der Waals surface area contributed by atoms with E-state index in [1.165, 1.54) is 31.7 Å². The van der Waals surface area contributed by atoms with Crippen molar-refractivity contribution in [3.8, 4) is 0 Å². The van der Waals surface area contributed by atoms with Crippen LogP contribution in [0.5, 0.6) is 0 Å². The fourth-order valence-electron chi connectivity index (χ4n) is 2.97. The molecule has 1 aliphatic rings. The Kier molecular flexibility index (Phi) is 5.74. The Labute approximate surface area is 126 Å². The number of nitrogens with zero attached hydrogens (tertiary/aromatic N) is 1. The molecule has 2 rings (SSSR count). The number of nitrogens with one attached hydrogen (secondary N) is 1. The lowest BCUT2D eigenvalue weighted by molar-refractivity contribution is -0.117. The summed E-state index contributed by atoms with van der Waals surface area (Å²) < 4.78 is 13.7. The minimum Gasteiger partial charge on any atom is -0.322 e. The molecular weight excluding hydrogens is 267 g/mol. The molecule has 0 saturated heterocycles. The van der Waals surface area contributed by atoms with Gasteiger partial charge in [0.2, 0.25) is 5.91 Å². The van der Waals surface area contributed by atoms with Crippen LogP contribution in [0.4, 0.5) is 10.1 Å². The predicted octanol–water partition coefficient (Wildman–Crippen LogP) is 3.73. The smallest absolute Gasteiger partial charge is 0.238 e. The molecule has 0 bridgehead atoms. The first-order valence-electron chi connectivity index (χ1n) is 7.82. The second kappa shape index (κ2) is 7.55. The van der Waals surface area contributed by atoms with E-state index in [1.54, 1.807) is 12.1 Å². The van der Waals surface area contributed by atoms with E-state index in [1.807, 2.05) is 14.0 Å². The number of carbonyl (C=O) groups excluding carboxylic acids is 1. The fourth-order valence-corrected chi connectivity index (χ4v) is 2.97. The number of anilines is 1. The molecule has 1 fully saturated rings. The van der Waals surface area contributed by atoms with Crippen molar-refractivity contribution in [2.75, 3.05) is 18.9 Å². The van der Waals surface area contributed by atoms with Crippen LogP contribution in [0.1, 0.15) is 44.1 Å². The summed E-state index contributed by atoms with van der Waals surface area (Å²) in [7, 11) is 1.99. The highest BCUT2D eigenvalue weighted by atomic mass is 19.1. The first-order valence-corrected chi connectivity index (χ1v) is 7.82. The van der Waals surface area contributed by atoms with Gasteiger partial charge in [0.25, 0.3) is 0 Å². The summed E-state index contributed by atoms with van der Waals surface area (Å²) in [5.41, 5.74) is 1.11. The summed E-state index contributed by atoms with van der Waals surface area (Å²) in [6.07, 6.45) is 7.38. The normalized spacial score (nSPS) is 16.8. The van der Waals surface area contributed by atoms with Crippen LogP contribution in [0.3, 0.4) is 0 Å². The molecular formula is C17H25FN2O. The Morgan fingerprint density at radius 1 is 1.29 bits per heavy atom. The van der Waals surface area contributed by atoms with E-state index in [9.17, 15) is 9.18 Å². The van der Waals surface area contributed by atoms with Gasteiger partial charge in [-0.15, -0.1) is 0 Å². The molecule has 21 heavy (non-hydrogen) atoms. The number of hydrogen-bond acceptors (Lipinski definition) is 2. The SMILES string of the molecule is Cc1ccc(NC(=O)CN(C)C2CCCCCC2)c(F)c1. The van der Waals surface area contributed by atoms with E-state index in [2.05, 4.69) is 10.2 Å². The minimum atomic E-state index is -0.375. The van der Waals surface area contributed by atoms with Crippen molar-refractivity contribution < 1.29 is 9.18 Å². The van der Waals surface area contributed by atoms with Gasteiger partial charge in [-0.05, 0) is 44.5 Å². The van der Waals surface area contributed by atoms with Crippen molar-refractivity contribution in [3.63, 3.8) is 0 Å². The highest BCUT2D eigenvalue weighted by molar-refractivity contribution is 5.92. The Balaban J connectivity index is 1.88. The lowest BCUT2D eigenvalue weighted by Crippen LogP contribution is -2.37. The number of aryl methyl sites for hydroxylation is 1. The lowest BCUT2D eigenvalue weighted by atomic mass is 10.1. The maximum absolute atomic E-state index is 13.7. The molecule has 0 radical (unpaired) electrons. The van der Waals surface area contributed by atoms with Crippen LogP contribution in [0.15, 0.2) is 18.2 Å². The fraction of sp³-hybridized carbons (Fsp3) is 0.588. The number of benzene rings is 1. The van der Waals surface area contributed by atoms with Gasteiger partial charge in [0.1, 0.15) is 5.82 Å². The summed E-state index contributed by atoms with van der Waals surface area (Å²) in [4.78, 5) is 14.2. The summed E-state index contributed by atoms with van der Waals surface area (Å²) in [5.74, 6) is -0.523. The number of amides is 1. The van der Waals surface area contributed by atoms with Crippen LogP contribution in [-0.2, 0) is 4.79 Å². The van der Waals surface area contributed by atoms with Crippen molar-refractivity contribution in [2.24, 2.45) is 0 Å². The average molecular weight is 292 g/mol. The highest BCUT2D eigenvalue weighted by Gasteiger charge is 2.19. The molecule has 1 aromatic rings. The molecule has 0 aromatic heterocycles. The molecule has 0 unspecified atom stereocenters. The topological polar surface area (TPSA) is 32.3 Å². The number of rotatable bonds is 4. The largest absolute Gasteiger partial charge is 0.322 e. The van der Waals surface area contributed by atoms with Gasteiger partial charge in [-0.1, -0.05) is 31.7 Å². The Hall–Kier alpha value is -1.42. The quantitative estimate of drug-likeness (QED) is 0.858. The molecule has 0 atom stereocenters. The van der Waals surface area contributed by atoms with Crippen LogP contribution in [0.2, 0.25) is 0 Å². The van der Waals surface area contributed by atoms with E-state index < -0.39 is 0 Å². The Morgan fingerprint density at radius 2 is 1.95 bits per heavy atom. The van der Waals surface area contributed by atoms with E-state index in [-0.39, 0.29) is 17.4 Å². The molecule has 0 heterocycles. The Morgan fingerprint density at radius 3 is 2.57 bits per heavy atom. The van der Waals surface area contributed by atoms with Crippen LogP contribution in [-0.4, -0.2) is 30.4 Å². The zero-order valence-corrected chi connectivity index (χ0v) is 13.0. The first kappa shape index (κ1) is 16.0. The molecule has 0 aliphatic heterocycles. The maximum Gasteiger partial charge on any atom is 0.238 e. The van der Waals surface area contributed by atoms with E-state index >= 15 is 0 Å². The van der Waals surface area contributed by atoms with Crippen molar-refractivity contribution in [2.45, 2.75) is 51.5 Å². The second-order valence-electron chi connectivity index (χ2n) is 6.09. The van der Waals surface area contributed by atoms with E-state index in [0.29, 0.717) is 12.6 Å². The van der Waals surface area contributed by atoms with Crippen LogP contribution < -0.4 is 5.32 Å². The number of hydrogen-bond donors (Lipinski definition) is 1. The van der Waals surface area contributed by atoms with Crippen LogP contribution >= 0.6 is 0 Å². The van der Waals surface area contributed by atoms with Crippen molar-refractivity contribution in [1.29, 1.82) is 0 Å². The molecule has 116 valence electrons.